The van der Waals surface area contributed by atoms with Crippen LogP contribution in [0.15, 0.2) is 77.2 Å². The zero-order valence-corrected chi connectivity index (χ0v) is 15.7. The molecule has 1 N–H and O–H groups in total. The van der Waals surface area contributed by atoms with Gasteiger partial charge in [-0.15, -0.1) is 0 Å². The van der Waals surface area contributed by atoms with Crippen LogP contribution in [0.1, 0.15) is 27.2 Å². The monoisotopic (exact) mass is 379 g/mol. The fourth-order valence-corrected chi connectivity index (χ4v) is 3.42. The summed E-state index contributed by atoms with van der Waals surface area (Å²) >= 11 is 0. The van der Waals surface area contributed by atoms with Crippen molar-refractivity contribution in [2.24, 2.45) is 0 Å². The third-order valence-electron chi connectivity index (χ3n) is 4.85. The maximum absolute atomic E-state index is 11.1. The Kier molecular flexibility index (Phi) is 4.72. The standard InChI is InChI=1S/C25H17NO3/c1-16-13-18(25(27)28)9-11-21(16)24-12-10-20(29-24)14-19(15-26)23-8-4-6-17-5-2-3-7-22(17)23/h2-14H,1H3,(H,27,28)/b19-14+. The molecule has 0 saturated heterocycles. The zero-order chi connectivity index (χ0) is 20.4. The molecule has 0 aliphatic rings. The van der Waals surface area contributed by atoms with Crippen molar-refractivity contribution in [3.05, 3.63) is 95.2 Å². The molecule has 0 unspecified atom stereocenters. The summed E-state index contributed by atoms with van der Waals surface area (Å²) in [6.07, 6.45) is 1.73. The Morgan fingerprint density at radius 2 is 1.83 bits per heavy atom. The van der Waals surface area contributed by atoms with Crippen LogP contribution < -0.4 is 0 Å². The van der Waals surface area contributed by atoms with E-state index >= 15 is 0 Å². The lowest BCUT2D eigenvalue weighted by Crippen LogP contribution is -1.96. The van der Waals surface area contributed by atoms with Crippen molar-refractivity contribution in [3.8, 4) is 17.4 Å². The summed E-state index contributed by atoms with van der Waals surface area (Å²) in [5, 5.41) is 20.9. The molecule has 140 valence electrons. The molecule has 0 aliphatic heterocycles. The number of nitrogens with zero attached hydrogens (tertiary/aromatic N) is 1. The Hall–Kier alpha value is -4.10. The van der Waals surface area contributed by atoms with Crippen LogP contribution in [0.4, 0.5) is 0 Å². The molecule has 0 saturated carbocycles. The maximum atomic E-state index is 11.1. The number of benzene rings is 3. The first-order valence-corrected chi connectivity index (χ1v) is 9.11. The Morgan fingerprint density at radius 3 is 2.59 bits per heavy atom. The molecule has 4 rings (SSSR count). The number of fused-ring (bicyclic) bond motifs is 1. The zero-order valence-electron chi connectivity index (χ0n) is 15.7. The topological polar surface area (TPSA) is 74.2 Å². The first kappa shape index (κ1) is 18.3. The van der Waals surface area contributed by atoms with Crippen molar-refractivity contribution < 1.29 is 14.3 Å². The average Bonchev–Trinajstić information content (AvgIpc) is 3.19. The van der Waals surface area contributed by atoms with Crippen LogP contribution in [0.25, 0.3) is 33.7 Å². The van der Waals surface area contributed by atoms with E-state index in [0.717, 1.165) is 27.5 Å². The highest BCUT2D eigenvalue weighted by Crippen LogP contribution is 2.30. The highest BCUT2D eigenvalue weighted by Gasteiger charge is 2.12. The van der Waals surface area contributed by atoms with Crippen LogP contribution in [0.2, 0.25) is 0 Å². The maximum Gasteiger partial charge on any atom is 0.335 e. The fourth-order valence-electron chi connectivity index (χ4n) is 3.42. The van der Waals surface area contributed by atoms with Crippen molar-refractivity contribution in [2.75, 3.05) is 0 Å². The van der Waals surface area contributed by atoms with E-state index in [-0.39, 0.29) is 5.56 Å². The second-order valence-corrected chi connectivity index (χ2v) is 6.73. The average molecular weight is 379 g/mol. The van der Waals surface area contributed by atoms with Gasteiger partial charge in [-0.05, 0) is 53.6 Å². The van der Waals surface area contributed by atoms with E-state index in [2.05, 4.69) is 6.07 Å². The molecule has 4 nitrogen and oxygen atoms in total. The number of aryl methyl sites for hydroxylation is 1. The molecular formula is C25H17NO3. The second-order valence-electron chi connectivity index (χ2n) is 6.73. The number of nitriles is 1. The smallest absolute Gasteiger partial charge is 0.335 e. The van der Waals surface area contributed by atoms with Crippen LogP contribution in [-0.2, 0) is 0 Å². The molecule has 0 spiro atoms. The van der Waals surface area contributed by atoms with Crippen LogP contribution in [-0.4, -0.2) is 11.1 Å². The number of rotatable bonds is 4. The van der Waals surface area contributed by atoms with Gasteiger partial charge in [0.1, 0.15) is 11.5 Å². The minimum atomic E-state index is -0.962. The Bertz CT molecular complexity index is 1300. The lowest BCUT2D eigenvalue weighted by Gasteiger charge is -2.05. The Morgan fingerprint density at radius 1 is 1.03 bits per heavy atom. The van der Waals surface area contributed by atoms with Gasteiger partial charge in [0.05, 0.1) is 17.2 Å². The van der Waals surface area contributed by atoms with Crippen LogP contribution in [0.3, 0.4) is 0 Å². The molecule has 0 fully saturated rings. The number of hydrogen-bond acceptors (Lipinski definition) is 3. The minimum absolute atomic E-state index is 0.237. The van der Waals surface area contributed by atoms with E-state index in [1.54, 1.807) is 24.3 Å². The Labute approximate surface area is 168 Å². The number of aromatic carboxylic acids is 1. The molecule has 1 heterocycles. The molecule has 4 aromatic rings. The summed E-state index contributed by atoms with van der Waals surface area (Å²) in [5.41, 5.74) is 3.23. The van der Waals surface area contributed by atoms with Crippen LogP contribution in [0, 0.1) is 18.3 Å². The predicted octanol–water partition coefficient (Wildman–Crippen LogP) is 6.17. The summed E-state index contributed by atoms with van der Waals surface area (Å²) in [5.74, 6) is 0.226. The normalized spacial score (nSPS) is 11.4. The fraction of sp³-hybridized carbons (Fsp3) is 0.0400. The first-order chi connectivity index (χ1) is 14.1. The molecule has 1 aromatic heterocycles. The highest BCUT2D eigenvalue weighted by atomic mass is 16.4. The second kappa shape index (κ2) is 7.49. The van der Waals surface area contributed by atoms with Crippen molar-refractivity contribution >= 4 is 28.4 Å². The largest absolute Gasteiger partial charge is 0.478 e. The first-order valence-electron chi connectivity index (χ1n) is 9.11. The number of furan rings is 1. The van der Waals surface area contributed by atoms with E-state index in [1.165, 1.54) is 0 Å². The van der Waals surface area contributed by atoms with Gasteiger partial charge >= 0.3 is 5.97 Å². The van der Waals surface area contributed by atoms with E-state index in [0.29, 0.717) is 17.1 Å². The van der Waals surface area contributed by atoms with Crippen molar-refractivity contribution in [2.45, 2.75) is 6.92 Å². The van der Waals surface area contributed by atoms with Crippen LogP contribution in [0.5, 0.6) is 0 Å². The molecule has 0 atom stereocenters. The van der Waals surface area contributed by atoms with Gasteiger partial charge in [-0.1, -0.05) is 48.5 Å². The van der Waals surface area contributed by atoms with Gasteiger partial charge in [0, 0.05) is 11.1 Å². The number of carboxylic acid groups (broad SMARTS) is 1. The quantitative estimate of drug-likeness (QED) is 0.430. The van der Waals surface area contributed by atoms with E-state index in [4.69, 9.17) is 9.52 Å². The van der Waals surface area contributed by atoms with E-state index in [1.807, 2.05) is 61.5 Å². The van der Waals surface area contributed by atoms with Gasteiger partial charge in [0.25, 0.3) is 0 Å². The molecule has 0 radical (unpaired) electrons. The summed E-state index contributed by atoms with van der Waals surface area (Å²) in [6, 6.07) is 24.6. The predicted molar refractivity (Wildman–Crippen MR) is 113 cm³/mol. The summed E-state index contributed by atoms with van der Waals surface area (Å²) in [4.78, 5) is 11.1. The van der Waals surface area contributed by atoms with E-state index < -0.39 is 5.97 Å². The SMILES string of the molecule is Cc1cc(C(=O)O)ccc1-c1ccc(/C=C(\C#N)c2cccc3ccccc23)o1. The third kappa shape index (κ3) is 3.54. The molecular weight excluding hydrogens is 362 g/mol. The lowest BCUT2D eigenvalue weighted by atomic mass is 9.98. The highest BCUT2D eigenvalue weighted by molar-refractivity contribution is 6.01. The number of hydrogen-bond donors (Lipinski definition) is 1. The summed E-state index contributed by atoms with van der Waals surface area (Å²) < 4.78 is 5.94. The summed E-state index contributed by atoms with van der Waals surface area (Å²) in [6.45, 7) is 1.84. The molecule has 0 amide bonds. The van der Waals surface area contributed by atoms with Gasteiger partial charge < -0.3 is 9.52 Å². The molecule has 0 aliphatic carbocycles. The van der Waals surface area contributed by atoms with Gasteiger partial charge in [0.2, 0.25) is 0 Å². The van der Waals surface area contributed by atoms with Crippen LogP contribution >= 0.6 is 0 Å². The van der Waals surface area contributed by atoms with Crippen molar-refractivity contribution in [1.82, 2.24) is 0 Å². The van der Waals surface area contributed by atoms with Crippen molar-refractivity contribution in [3.63, 3.8) is 0 Å². The van der Waals surface area contributed by atoms with Gasteiger partial charge in [-0.3, -0.25) is 0 Å². The van der Waals surface area contributed by atoms with Gasteiger partial charge in [0.15, 0.2) is 0 Å². The van der Waals surface area contributed by atoms with Gasteiger partial charge in [-0.2, -0.15) is 5.26 Å². The molecule has 4 heteroatoms. The van der Waals surface area contributed by atoms with Crippen molar-refractivity contribution in [1.29, 1.82) is 5.26 Å². The minimum Gasteiger partial charge on any atom is -0.478 e. The molecule has 3 aromatic carbocycles. The Balaban J connectivity index is 1.73. The lowest BCUT2D eigenvalue weighted by molar-refractivity contribution is 0.0697. The molecule has 0 bridgehead atoms. The summed E-state index contributed by atoms with van der Waals surface area (Å²) in [7, 11) is 0. The number of carbonyl (C=O) groups is 1. The molecule has 29 heavy (non-hydrogen) atoms. The number of allylic oxidation sites excluding steroid dienone is 1. The third-order valence-corrected chi connectivity index (χ3v) is 4.85. The van der Waals surface area contributed by atoms with Gasteiger partial charge in [-0.25, -0.2) is 4.79 Å². The number of carboxylic acids is 1. The van der Waals surface area contributed by atoms with E-state index in [9.17, 15) is 10.1 Å².